The second-order valence-corrected chi connectivity index (χ2v) is 5.83. The molecule has 6 heteroatoms. The van der Waals surface area contributed by atoms with Gasteiger partial charge in [0.25, 0.3) is 0 Å². The zero-order chi connectivity index (χ0) is 17.5. The summed E-state index contributed by atoms with van der Waals surface area (Å²) in [6.07, 6.45) is 0.262. The highest BCUT2D eigenvalue weighted by molar-refractivity contribution is 5.91. The molecule has 2 aromatic carbocycles. The van der Waals surface area contributed by atoms with E-state index in [-0.39, 0.29) is 24.7 Å². The topological polar surface area (TPSA) is 73.6 Å². The number of carbonyl (C=O) groups is 1. The second-order valence-electron chi connectivity index (χ2n) is 5.83. The van der Waals surface area contributed by atoms with Crippen LogP contribution in [0.25, 0.3) is 0 Å². The lowest BCUT2D eigenvalue weighted by molar-refractivity contribution is -0.116. The zero-order valence-electron chi connectivity index (χ0n) is 14.7. The number of hydrogen-bond acceptors (Lipinski definition) is 4. The first-order chi connectivity index (χ1) is 11.5. The lowest BCUT2D eigenvalue weighted by Crippen LogP contribution is -2.15. The summed E-state index contributed by atoms with van der Waals surface area (Å²) in [5.74, 6) is 1.71. The maximum Gasteiger partial charge on any atom is 0.227 e. The highest BCUT2D eigenvalue weighted by Crippen LogP contribution is 2.24. The van der Waals surface area contributed by atoms with Crippen LogP contribution in [0.15, 0.2) is 42.5 Å². The summed E-state index contributed by atoms with van der Waals surface area (Å²) in [6, 6.07) is 13.1. The molecular formula is C19H25ClN2O3. The lowest BCUT2D eigenvalue weighted by atomic mass is 10.0. The minimum absolute atomic E-state index is 0. The number of nitrogens with one attached hydrogen (secondary N) is 1. The SMILES string of the molecule is COc1ccc(NC(=O)CCOc2ccc(C(C)C)cc2)cc1N.Cl. The van der Waals surface area contributed by atoms with E-state index < -0.39 is 0 Å². The van der Waals surface area contributed by atoms with E-state index in [1.54, 1.807) is 25.3 Å². The molecule has 0 heterocycles. The van der Waals surface area contributed by atoms with E-state index in [9.17, 15) is 4.79 Å². The predicted octanol–water partition coefficient (Wildman–Crippen LogP) is 4.23. The third-order valence-electron chi connectivity index (χ3n) is 3.66. The van der Waals surface area contributed by atoms with Gasteiger partial charge in [-0.15, -0.1) is 12.4 Å². The van der Waals surface area contributed by atoms with Crippen molar-refractivity contribution in [2.75, 3.05) is 24.8 Å². The maximum atomic E-state index is 11.9. The Kier molecular flexibility index (Phi) is 8.08. The Hall–Kier alpha value is -2.40. The summed E-state index contributed by atoms with van der Waals surface area (Å²) in [6.45, 7) is 4.61. The van der Waals surface area contributed by atoms with Gasteiger partial charge in [0.05, 0.1) is 25.8 Å². The summed E-state index contributed by atoms with van der Waals surface area (Å²) >= 11 is 0. The molecule has 2 rings (SSSR count). The minimum Gasteiger partial charge on any atom is -0.495 e. The molecule has 0 fully saturated rings. The van der Waals surface area contributed by atoms with E-state index in [4.69, 9.17) is 15.2 Å². The lowest BCUT2D eigenvalue weighted by Gasteiger charge is -2.10. The summed E-state index contributed by atoms with van der Waals surface area (Å²) in [4.78, 5) is 11.9. The van der Waals surface area contributed by atoms with Crippen LogP contribution in [0.4, 0.5) is 11.4 Å². The van der Waals surface area contributed by atoms with E-state index in [1.165, 1.54) is 5.56 Å². The monoisotopic (exact) mass is 364 g/mol. The molecule has 0 aliphatic rings. The molecule has 0 bridgehead atoms. The first kappa shape index (κ1) is 20.6. The Morgan fingerprint density at radius 1 is 1.16 bits per heavy atom. The summed E-state index contributed by atoms with van der Waals surface area (Å²) < 4.78 is 10.7. The van der Waals surface area contributed by atoms with Crippen LogP contribution in [0.5, 0.6) is 11.5 Å². The zero-order valence-corrected chi connectivity index (χ0v) is 15.6. The Labute approximate surface area is 154 Å². The van der Waals surface area contributed by atoms with Gasteiger partial charge in [0.2, 0.25) is 5.91 Å². The first-order valence-corrected chi connectivity index (χ1v) is 7.95. The van der Waals surface area contributed by atoms with Gasteiger partial charge in [-0.05, 0) is 41.8 Å². The third kappa shape index (κ3) is 6.19. The van der Waals surface area contributed by atoms with Crippen molar-refractivity contribution < 1.29 is 14.3 Å². The molecule has 0 saturated carbocycles. The van der Waals surface area contributed by atoms with Crippen molar-refractivity contribution >= 4 is 29.7 Å². The predicted molar refractivity (Wildman–Crippen MR) is 104 cm³/mol. The molecule has 136 valence electrons. The fraction of sp³-hybridized carbons (Fsp3) is 0.316. The van der Waals surface area contributed by atoms with Crippen LogP contribution >= 0.6 is 12.4 Å². The summed E-state index contributed by atoms with van der Waals surface area (Å²) in [5, 5.41) is 2.79. The number of benzene rings is 2. The molecule has 0 unspecified atom stereocenters. The molecular weight excluding hydrogens is 340 g/mol. The van der Waals surface area contributed by atoms with E-state index in [1.807, 2.05) is 24.3 Å². The van der Waals surface area contributed by atoms with Crippen LogP contribution < -0.4 is 20.5 Å². The fourth-order valence-electron chi connectivity index (χ4n) is 2.25. The number of methoxy groups -OCH3 is 1. The van der Waals surface area contributed by atoms with Crippen molar-refractivity contribution in [3.63, 3.8) is 0 Å². The van der Waals surface area contributed by atoms with Gasteiger partial charge in [0.15, 0.2) is 0 Å². The van der Waals surface area contributed by atoms with Crippen molar-refractivity contribution in [1.82, 2.24) is 0 Å². The molecule has 0 aromatic heterocycles. The number of hydrogen-bond donors (Lipinski definition) is 2. The Morgan fingerprint density at radius 3 is 2.40 bits per heavy atom. The number of anilines is 2. The van der Waals surface area contributed by atoms with Crippen LogP contribution in [0, 0.1) is 0 Å². The summed E-state index contributed by atoms with van der Waals surface area (Å²) in [7, 11) is 1.55. The van der Waals surface area contributed by atoms with E-state index >= 15 is 0 Å². The van der Waals surface area contributed by atoms with Crippen LogP contribution in [-0.2, 0) is 4.79 Å². The van der Waals surface area contributed by atoms with E-state index in [0.717, 1.165) is 5.75 Å². The molecule has 1 amide bonds. The van der Waals surface area contributed by atoms with Crippen molar-refractivity contribution in [3.8, 4) is 11.5 Å². The van der Waals surface area contributed by atoms with Crippen LogP contribution in [0.1, 0.15) is 31.7 Å². The smallest absolute Gasteiger partial charge is 0.227 e. The standard InChI is InChI=1S/C19H24N2O3.ClH/c1-13(2)14-4-7-16(8-5-14)24-11-10-19(22)21-15-6-9-18(23-3)17(20)12-15;/h4-9,12-13H,10-11,20H2,1-3H3,(H,21,22);1H. The molecule has 0 saturated heterocycles. The number of halogens is 1. The van der Waals surface area contributed by atoms with Gasteiger partial charge >= 0.3 is 0 Å². The van der Waals surface area contributed by atoms with Gasteiger partial charge in [0, 0.05) is 5.69 Å². The molecule has 0 atom stereocenters. The number of carbonyl (C=O) groups excluding carboxylic acids is 1. The average Bonchev–Trinajstić information content (AvgIpc) is 2.55. The largest absolute Gasteiger partial charge is 0.495 e. The highest BCUT2D eigenvalue weighted by Gasteiger charge is 2.06. The molecule has 3 N–H and O–H groups in total. The normalized spacial score (nSPS) is 10.1. The molecule has 0 aliphatic carbocycles. The molecule has 0 radical (unpaired) electrons. The number of rotatable bonds is 7. The van der Waals surface area contributed by atoms with Crippen molar-refractivity contribution in [3.05, 3.63) is 48.0 Å². The van der Waals surface area contributed by atoms with Gasteiger partial charge in [-0.3, -0.25) is 4.79 Å². The van der Waals surface area contributed by atoms with Crippen molar-refractivity contribution in [1.29, 1.82) is 0 Å². The van der Waals surface area contributed by atoms with Crippen LogP contribution in [0.2, 0.25) is 0 Å². The Bertz CT molecular complexity index is 688. The van der Waals surface area contributed by atoms with E-state index in [0.29, 0.717) is 29.6 Å². The number of ether oxygens (including phenoxy) is 2. The van der Waals surface area contributed by atoms with Gasteiger partial charge in [-0.25, -0.2) is 0 Å². The minimum atomic E-state index is -0.127. The fourth-order valence-corrected chi connectivity index (χ4v) is 2.25. The van der Waals surface area contributed by atoms with Gasteiger partial charge in [-0.1, -0.05) is 26.0 Å². The average molecular weight is 365 g/mol. The first-order valence-electron chi connectivity index (χ1n) is 7.95. The maximum absolute atomic E-state index is 11.9. The molecule has 0 aliphatic heterocycles. The Morgan fingerprint density at radius 2 is 1.84 bits per heavy atom. The Balaban J connectivity index is 0.00000312. The van der Waals surface area contributed by atoms with E-state index in [2.05, 4.69) is 19.2 Å². The second kappa shape index (κ2) is 9.79. The summed E-state index contributed by atoms with van der Waals surface area (Å²) in [5.41, 5.74) is 8.20. The third-order valence-corrected chi connectivity index (χ3v) is 3.66. The number of amides is 1. The molecule has 2 aromatic rings. The highest BCUT2D eigenvalue weighted by atomic mass is 35.5. The number of nitrogens with two attached hydrogens (primary N) is 1. The van der Waals surface area contributed by atoms with Crippen molar-refractivity contribution in [2.24, 2.45) is 0 Å². The quantitative estimate of drug-likeness (QED) is 0.721. The molecule has 5 nitrogen and oxygen atoms in total. The van der Waals surface area contributed by atoms with Gasteiger partial charge in [-0.2, -0.15) is 0 Å². The molecule has 25 heavy (non-hydrogen) atoms. The van der Waals surface area contributed by atoms with Crippen LogP contribution in [0.3, 0.4) is 0 Å². The van der Waals surface area contributed by atoms with Gasteiger partial charge < -0.3 is 20.5 Å². The van der Waals surface area contributed by atoms with Crippen LogP contribution in [-0.4, -0.2) is 19.6 Å². The molecule has 0 spiro atoms. The number of nitrogen functional groups attached to an aromatic ring is 1. The van der Waals surface area contributed by atoms with Crippen molar-refractivity contribution in [2.45, 2.75) is 26.2 Å². The van der Waals surface area contributed by atoms with Gasteiger partial charge in [0.1, 0.15) is 11.5 Å².